The summed E-state index contributed by atoms with van der Waals surface area (Å²) in [6, 6.07) is 2.47. The first-order chi connectivity index (χ1) is 9.15. The van der Waals surface area contributed by atoms with Gasteiger partial charge in [-0.25, -0.2) is 5.84 Å². The van der Waals surface area contributed by atoms with E-state index in [0.717, 1.165) is 24.4 Å². The van der Waals surface area contributed by atoms with Gasteiger partial charge in [0.15, 0.2) is 5.76 Å². The van der Waals surface area contributed by atoms with Crippen LogP contribution in [0.3, 0.4) is 0 Å². The fourth-order valence-electron chi connectivity index (χ4n) is 2.85. The molecule has 1 amide bonds. The van der Waals surface area contributed by atoms with Gasteiger partial charge in [0.05, 0.1) is 0 Å². The molecule has 0 radical (unpaired) electrons. The molecule has 1 aliphatic carbocycles. The molecule has 1 fully saturated rings. The third-order valence-electron chi connectivity index (χ3n) is 4.00. The topological polar surface area (TPSA) is 71.5 Å². The lowest BCUT2D eigenvalue weighted by Gasteiger charge is -2.27. The summed E-state index contributed by atoms with van der Waals surface area (Å²) in [6.45, 7) is 5.94. The van der Waals surface area contributed by atoms with E-state index in [0.29, 0.717) is 6.04 Å². The van der Waals surface area contributed by atoms with E-state index in [-0.39, 0.29) is 11.7 Å². The van der Waals surface area contributed by atoms with Crippen LogP contribution in [0, 0.1) is 6.92 Å². The highest BCUT2D eigenvalue weighted by Gasteiger charge is 2.23. The molecule has 0 aromatic carbocycles. The summed E-state index contributed by atoms with van der Waals surface area (Å²) in [5.74, 6) is 5.83. The minimum absolute atomic E-state index is 0.289. The maximum absolute atomic E-state index is 11.4. The Kier molecular flexibility index (Phi) is 4.61. The van der Waals surface area contributed by atoms with Gasteiger partial charge >= 0.3 is 5.91 Å². The van der Waals surface area contributed by atoms with Crippen molar-refractivity contribution in [3.63, 3.8) is 0 Å². The van der Waals surface area contributed by atoms with Gasteiger partial charge in [-0.15, -0.1) is 0 Å². The highest BCUT2D eigenvalue weighted by atomic mass is 16.4. The first kappa shape index (κ1) is 14.1. The molecule has 1 saturated carbocycles. The molecule has 1 aliphatic rings. The van der Waals surface area contributed by atoms with Crippen LogP contribution in [0.1, 0.15) is 54.5 Å². The molecule has 5 nitrogen and oxygen atoms in total. The lowest BCUT2D eigenvalue weighted by molar-refractivity contribution is 0.0924. The minimum atomic E-state index is -0.377. The third-order valence-corrected chi connectivity index (χ3v) is 4.00. The van der Waals surface area contributed by atoms with E-state index < -0.39 is 0 Å². The molecule has 3 N–H and O–H groups in total. The Balaban J connectivity index is 2.08. The Hall–Kier alpha value is -1.33. The second-order valence-electron chi connectivity index (χ2n) is 5.17. The quantitative estimate of drug-likeness (QED) is 0.485. The van der Waals surface area contributed by atoms with Gasteiger partial charge in [-0.05, 0) is 32.4 Å². The van der Waals surface area contributed by atoms with Crippen molar-refractivity contribution in [3.05, 3.63) is 23.2 Å². The van der Waals surface area contributed by atoms with Gasteiger partial charge < -0.3 is 4.42 Å². The molecular formula is C14H23N3O2. The fraction of sp³-hybridized carbons (Fsp3) is 0.643. The second-order valence-corrected chi connectivity index (χ2v) is 5.17. The van der Waals surface area contributed by atoms with Gasteiger partial charge in [0.25, 0.3) is 0 Å². The number of nitrogens with two attached hydrogens (primary N) is 1. The molecule has 1 heterocycles. The summed E-state index contributed by atoms with van der Waals surface area (Å²) >= 11 is 0. The number of nitrogen functional groups attached to an aromatic ring is 1. The van der Waals surface area contributed by atoms with E-state index in [9.17, 15) is 4.79 Å². The molecular weight excluding hydrogens is 242 g/mol. The second kappa shape index (κ2) is 6.21. The van der Waals surface area contributed by atoms with Crippen molar-refractivity contribution in [2.45, 2.75) is 52.1 Å². The van der Waals surface area contributed by atoms with Gasteiger partial charge in [-0.2, -0.15) is 0 Å². The van der Waals surface area contributed by atoms with Crippen molar-refractivity contribution in [2.75, 3.05) is 6.54 Å². The van der Waals surface area contributed by atoms with Crippen LogP contribution in [0.15, 0.2) is 10.5 Å². The number of hydrogen-bond acceptors (Lipinski definition) is 4. The van der Waals surface area contributed by atoms with Crippen molar-refractivity contribution < 1.29 is 9.21 Å². The van der Waals surface area contributed by atoms with E-state index in [1.54, 1.807) is 6.07 Å². The van der Waals surface area contributed by atoms with Gasteiger partial charge in [0.1, 0.15) is 5.76 Å². The zero-order valence-electron chi connectivity index (χ0n) is 11.7. The van der Waals surface area contributed by atoms with E-state index in [1.165, 1.54) is 25.7 Å². The van der Waals surface area contributed by atoms with Crippen LogP contribution < -0.4 is 11.3 Å². The van der Waals surface area contributed by atoms with E-state index in [2.05, 4.69) is 17.2 Å². The number of hydrazine groups is 1. The zero-order chi connectivity index (χ0) is 13.8. The summed E-state index contributed by atoms with van der Waals surface area (Å²) < 4.78 is 5.46. The van der Waals surface area contributed by atoms with Crippen molar-refractivity contribution in [1.82, 2.24) is 10.3 Å². The Bertz CT molecular complexity index is 436. The average Bonchev–Trinajstić information content (AvgIpc) is 3.05. The molecule has 0 aliphatic heterocycles. The SMILES string of the molecule is CCN(Cc1cc(C(=O)NN)oc1C)C1CCCC1. The fourth-order valence-corrected chi connectivity index (χ4v) is 2.85. The van der Waals surface area contributed by atoms with Crippen molar-refractivity contribution in [2.24, 2.45) is 5.84 Å². The standard InChI is InChI=1S/C14H23N3O2/c1-3-17(12-6-4-5-7-12)9-11-8-13(14(18)16-15)19-10(11)2/h8,12H,3-7,9,15H2,1-2H3,(H,16,18). The van der Waals surface area contributed by atoms with Crippen molar-refractivity contribution >= 4 is 5.91 Å². The highest BCUT2D eigenvalue weighted by molar-refractivity contribution is 5.91. The Labute approximate surface area is 114 Å². The van der Waals surface area contributed by atoms with E-state index in [4.69, 9.17) is 10.3 Å². The van der Waals surface area contributed by atoms with Crippen LogP contribution in [-0.4, -0.2) is 23.4 Å². The van der Waals surface area contributed by atoms with Crippen LogP contribution in [0.25, 0.3) is 0 Å². The minimum Gasteiger partial charge on any atom is -0.456 e. The number of amides is 1. The summed E-state index contributed by atoms with van der Waals surface area (Å²) in [4.78, 5) is 13.9. The van der Waals surface area contributed by atoms with Crippen LogP contribution in [0.4, 0.5) is 0 Å². The first-order valence-corrected chi connectivity index (χ1v) is 7.00. The monoisotopic (exact) mass is 265 g/mol. The maximum Gasteiger partial charge on any atom is 0.300 e. The predicted molar refractivity (Wildman–Crippen MR) is 73.4 cm³/mol. The number of carbonyl (C=O) groups is 1. The normalized spacial score (nSPS) is 16.2. The molecule has 5 heteroatoms. The largest absolute Gasteiger partial charge is 0.456 e. The molecule has 19 heavy (non-hydrogen) atoms. The molecule has 1 aromatic rings. The Morgan fingerprint density at radius 1 is 1.53 bits per heavy atom. The lowest BCUT2D eigenvalue weighted by atomic mass is 10.1. The Morgan fingerprint density at radius 3 is 2.79 bits per heavy atom. The molecule has 106 valence electrons. The van der Waals surface area contributed by atoms with E-state index in [1.807, 2.05) is 6.92 Å². The average molecular weight is 265 g/mol. The molecule has 2 rings (SSSR count). The first-order valence-electron chi connectivity index (χ1n) is 7.00. The van der Waals surface area contributed by atoms with Crippen molar-refractivity contribution in [1.29, 1.82) is 0 Å². The Morgan fingerprint density at radius 2 is 2.21 bits per heavy atom. The molecule has 0 saturated heterocycles. The number of rotatable bonds is 5. The summed E-state index contributed by atoms with van der Waals surface area (Å²) in [5.41, 5.74) is 3.17. The van der Waals surface area contributed by atoms with Gasteiger partial charge in [0, 0.05) is 18.2 Å². The van der Waals surface area contributed by atoms with Gasteiger partial charge in [-0.1, -0.05) is 19.8 Å². The van der Waals surface area contributed by atoms with Crippen LogP contribution in [0.5, 0.6) is 0 Å². The lowest BCUT2D eigenvalue weighted by Crippen LogP contribution is -2.32. The highest BCUT2D eigenvalue weighted by Crippen LogP contribution is 2.26. The number of nitrogens with one attached hydrogen (secondary N) is 1. The molecule has 0 bridgehead atoms. The third kappa shape index (κ3) is 3.16. The summed E-state index contributed by atoms with van der Waals surface area (Å²) in [5, 5.41) is 0. The summed E-state index contributed by atoms with van der Waals surface area (Å²) in [7, 11) is 0. The molecule has 1 aromatic heterocycles. The molecule has 0 atom stereocenters. The van der Waals surface area contributed by atoms with Gasteiger partial charge in [0.2, 0.25) is 0 Å². The number of furan rings is 1. The zero-order valence-corrected chi connectivity index (χ0v) is 11.7. The van der Waals surface area contributed by atoms with Crippen LogP contribution >= 0.6 is 0 Å². The van der Waals surface area contributed by atoms with Crippen molar-refractivity contribution in [3.8, 4) is 0 Å². The smallest absolute Gasteiger partial charge is 0.300 e. The predicted octanol–water partition coefficient (Wildman–Crippen LogP) is 1.96. The van der Waals surface area contributed by atoms with Gasteiger partial charge in [-0.3, -0.25) is 15.1 Å². The number of aryl methyl sites for hydroxylation is 1. The van der Waals surface area contributed by atoms with E-state index >= 15 is 0 Å². The van der Waals surface area contributed by atoms with Crippen LogP contribution in [-0.2, 0) is 6.54 Å². The molecule has 0 spiro atoms. The maximum atomic E-state index is 11.4. The molecule has 0 unspecified atom stereocenters. The number of hydrogen-bond donors (Lipinski definition) is 2. The number of nitrogens with zero attached hydrogens (tertiary/aromatic N) is 1. The van der Waals surface area contributed by atoms with Crippen LogP contribution in [0.2, 0.25) is 0 Å². The summed E-state index contributed by atoms with van der Waals surface area (Å²) in [6.07, 6.45) is 5.21. The number of carbonyl (C=O) groups excluding carboxylic acids is 1.